The van der Waals surface area contributed by atoms with Crippen molar-refractivity contribution in [3.63, 3.8) is 0 Å². The van der Waals surface area contributed by atoms with Crippen LogP contribution in [0.4, 0.5) is 4.79 Å². The van der Waals surface area contributed by atoms with E-state index in [0.29, 0.717) is 42.4 Å². The van der Waals surface area contributed by atoms with Gasteiger partial charge < -0.3 is 29.4 Å². The van der Waals surface area contributed by atoms with Gasteiger partial charge in [0.05, 0.1) is 36.4 Å². The van der Waals surface area contributed by atoms with Gasteiger partial charge in [-0.3, -0.25) is 23.9 Å². The van der Waals surface area contributed by atoms with E-state index in [-0.39, 0.29) is 37.7 Å². The molecule has 57 heavy (non-hydrogen) atoms. The van der Waals surface area contributed by atoms with Gasteiger partial charge in [-0.05, 0) is 81.9 Å². The summed E-state index contributed by atoms with van der Waals surface area (Å²) in [4.78, 5) is 71.6. The van der Waals surface area contributed by atoms with E-state index in [1.54, 1.807) is 24.5 Å². The lowest BCUT2D eigenvalue weighted by Gasteiger charge is -2.30. The van der Waals surface area contributed by atoms with Gasteiger partial charge in [-0.1, -0.05) is 37.1 Å². The summed E-state index contributed by atoms with van der Waals surface area (Å²) in [6.45, 7) is -0.127. The van der Waals surface area contributed by atoms with E-state index in [1.165, 1.54) is 22.9 Å². The van der Waals surface area contributed by atoms with Gasteiger partial charge in [0.15, 0.2) is 5.75 Å². The number of methoxy groups -OCH3 is 1. The Morgan fingerprint density at radius 3 is 2.56 bits per heavy atom. The van der Waals surface area contributed by atoms with Crippen LogP contribution in [0.3, 0.4) is 0 Å². The first-order chi connectivity index (χ1) is 27.5. The molecule has 3 saturated carbocycles. The molecule has 3 aliphatic carbocycles. The van der Waals surface area contributed by atoms with Crippen LogP contribution in [-0.4, -0.2) is 89.5 Å². The van der Waals surface area contributed by atoms with Gasteiger partial charge in [-0.25, -0.2) is 17.9 Å². The zero-order valence-corrected chi connectivity index (χ0v) is 32.6. The summed E-state index contributed by atoms with van der Waals surface area (Å²) in [7, 11) is -2.55. The molecular formula is C40H48N6O10S. The number of amides is 4. The molecule has 0 bridgehead atoms. The fourth-order valence-electron chi connectivity index (χ4n) is 8.62. The lowest BCUT2D eigenvalue weighted by molar-refractivity contribution is -0.141. The van der Waals surface area contributed by atoms with E-state index < -0.39 is 74.2 Å². The molecular weight excluding hydrogens is 757 g/mol. The molecule has 0 radical (unpaired) electrons. The van der Waals surface area contributed by atoms with Crippen LogP contribution in [0.25, 0.3) is 22.1 Å². The molecule has 5 aliphatic rings. The van der Waals surface area contributed by atoms with E-state index in [0.717, 1.165) is 43.9 Å². The Bertz CT molecular complexity index is 2260. The molecule has 5 atom stereocenters. The third kappa shape index (κ3) is 7.77. The number of alkyl carbamates (subject to hydrolysis) is 1. The summed E-state index contributed by atoms with van der Waals surface area (Å²) < 4.78 is 46.1. The second kappa shape index (κ2) is 15.6. The Balaban J connectivity index is 1.13. The SMILES string of the molecule is COc1c(-c2cccc3occc23)cnn(C2C[C@H]3C(=O)NC4(C(=O)NS(=O)(=O)C5CC5)C[C@H]4/C=C\CCCCC[C@H](NC(=O)OC4CCCC4)C(=O)N3C2)c1=O. The minimum Gasteiger partial charge on any atom is -0.491 e. The molecule has 17 heteroatoms. The lowest BCUT2D eigenvalue weighted by atomic mass is 10.0. The number of aromatic nitrogens is 2. The summed E-state index contributed by atoms with van der Waals surface area (Å²) in [6, 6.07) is 4.13. The number of furan rings is 1. The maximum Gasteiger partial charge on any atom is 0.408 e. The summed E-state index contributed by atoms with van der Waals surface area (Å²) >= 11 is 0. The number of fused-ring (bicyclic) bond motifs is 3. The molecule has 2 aliphatic heterocycles. The van der Waals surface area contributed by atoms with Crippen LogP contribution in [0.1, 0.15) is 89.5 Å². The Labute approximate surface area is 329 Å². The Morgan fingerprint density at radius 2 is 1.79 bits per heavy atom. The van der Waals surface area contributed by atoms with E-state index in [1.807, 2.05) is 18.2 Å². The van der Waals surface area contributed by atoms with Crippen molar-refractivity contribution in [1.82, 2.24) is 30.0 Å². The predicted molar refractivity (Wildman–Crippen MR) is 206 cm³/mol. The van der Waals surface area contributed by atoms with Crippen LogP contribution in [0.2, 0.25) is 0 Å². The Kier molecular flexibility index (Phi) is 10.6. The Morgan fingerprint density at radius 1 is 1.00 bits per heavy atom. The topological polar surface area (TPSA) is 208 Å². The summed E-state index contributed by atoms with van der Waals surface area (Å²) in [5.41, 5.74) is -0.427. The number of nitrogens with one attached hydrogen (secondary N) is 3. The van der Waals surface area contributed by atoms with Gasteiger partial charge >= 0.3 is 11.7 Å². The largest absolute Gasteiger partial charge is 0.491 e. The first kappa shape index (κ1) is 38.7. The zero-order valence-electron chi connectivity index (χ0n) is 31.8. The summed E-state index contributed by atoms with van der Waals surface area (Å²) in [5, 5.41) is 10.3. The molecule has 16 nitrogen and oxygen atoms in total. The van der Waals surface area contributed by atoms with E-state index in [2.05, 4.69) is 20.5 Å². The first-order valence-electron chi connectivity index (χ1n) is 19.9. The minimum absolute atomic E-state index is 0.00763. The van der Waals surface area contributed by atoms with Gasteiger partial charge in [0.1, 0.15) is 29.3 Å². The normalized spacial score (nSPS) is 27.7. The van der Waals surface area contributed by atoms with Crippen molar-refractivity contribution in [3.05, 3.63) is 59.2 Å². The van der Waals surface area contributed by atoms with Gasteiger partial charge in [0.2, 0.25) is 21.8 Å². The lowest BCUT2D eigenvalue weighted by Crippen LogP contribution is -2.58. The molecule has 3 aromatic rings. The minimum atomic E-state index is -3.93. The molecule has 4 amide bonds. The number of ether oxygens (including phenoxy) is 2. The molecule has 304 valence electrons. The highest BCUT2D eigenvalue weighted by Gasteiger charge is 2.62. The number of rotatable bonds is 8. The fourth-order valence-corrected chi connectivity index (χ4v) is 9.98. The number of sulfonamides is 1. The maximum absolute atomic E-state index is 14.6. The molecule has 8 rings (SSSR count). The van der Waals surface area contributed by atoms with E-state index in [9.17, 15) is 32.4 Å². The fraction of sp³-hybridized carbons (Fsp3) is 0.550. The highest BCUT2D eigenvalue weighted by Crippen LogP contribution is 2.46. The maximum atomic E-state index is 14.6. The van der Waals surface area contributed by atoms with Crippen molar-refractivity contribution in [3.8, 4) is 16.9 Å². The molecule has 3 N–H and O–H groups in total. The summed E-state index contributed by atoms with van der Waals surface area (Å²) in [5.74, 6) is -2.52. The second-order valence-corrected chi connectivity index (χ2v) is 17.9. The van der Waals surface area contributed by atoms with Crippen LogP contribution in [0.5, 0.6) is 5.75 Å². The van der Waals surface area contributed by atoms with Gasteiger partial charge in [-0.15, -0.1) is 0 Å². The molecule has 4 fully saturated rings. The number of hydrogen-bond donors (Lipinski definition) is 3. The summed E-state index contributed by atoms with van der Waals surface area (Å²) in [6.07, 6.45) is 13.3. The average molecular weight is 805 g/mol. The van der Waals surface area contributed by atoms with Crippen molar-refractivity contribution in [1.29, 1.82) is 0 Å². The average Bonchev–Trinajstić information content (AvgIpc) is 3.94. The predicted octanol–water partition coefficient (Wildman–Crippen LogP) is 3.85. The quantitative estimate of drug-likeness (QED) is 0.279. The molecule has 1 aromatic carbocycles. The number of hydrogen-bond acceptors (Lipinski definition) is 11. The van der Waals surface area contributed by atoms with Crippen LogP contribution in [-0.2, 0) is 29.1 Å². The Hall–Kier alpha value is -5.19. The van der Waals surface area contributed by atoms with Crippen molar-refractivity contribution < 1.29 is 41.5 Å². The number of carbonyl (C=O) groups is 4. The van der Waals surface area contributed by atoms with Crippen molar-refractivity contribution in [2.45, 2.75) is 118 Å². The standard InChI is InChI=1S/C40H48N6O10S/c1-54-34-30(28-13-9-15-33-29(28)18-19-55-33)22-41-46(37(34)49)25-20-32-35(47)43-40(38(50)44-57(52,53)27-16-17-27)21-24(40)10-5-3-2-4-6-14-31(36(48)45(32)23-25)42-39(51)56-26-11-7-8-12-26/h5,9-10,13,15,18-19,22,24-27,31-32H,2-4,6-8,11-12,14,16-17,20-21,23H2,1H3,(H,42,51)(H,43,47)(H,44,50)/b10-5-/t24-,25?,31+,32+,40?/m1/s1. The second-order valence-electron chi connectivity index (χ2n) is 15.9. The number of nitrogens with zero attached hydrogens (tertiary/aromatic N) is 3. The molecule has 4 heterocycles. The number of carbonyl (C=O) groups excluding carboxylic acids is 4. The molecule has 2 unspecified atom stereocenters. The third-order valence-electron chi connectivity index (χ3n) is 12.0. The first-order valence-corrected chi connectivity index (χ1v) is 21.5. The van der Waals surface area contributed by atoms with E-state index in [4.69, 9.17) is 13.9 Å². The smallest absolute Gasteiger partial charge is 0.408 e. The highest BCUT2D eigenvalue weighted by molar-refractivity contribution is 7.91. The van der Waals surface area contributed by atoms with Gasteiger partial charge in [0, 0.05) is 24.3 Å². The number of benzene rings is 1. The zero-order chi connectivity index (χ0) is 39.9. The van der Waals surface area contributed by atoms with Crippen molar-refractivity contribution >= 4 is 44.8 Å². The highest BCUT2D eigenvalue weighted by atomic mass is 32.2. The van der Waals surface area contributed by atoms with Crippen LogP contribution in [0.15, 0.2) is 58.1 Å². The van der Waals surface area contributed by atoms with Crippen molar-refractivity contribution in [2.75, 3.05) is 13.7 Å². The van der Waals surface area contributed by atoms with Crippen molar-refractivity contribution in [2.24, 2.45) is 5.92 Å². The molecule has 2 aromatic heterocycles. The van der Waals surface area contributed by atoms with Crippen LogP contribution >= 0.6 is 0 Å². The van der Waals surface area contributed by atoms with Gasteiger partial charge in [-0.2, -0.15) is 5.10 Å². The molecule has 1 saturated heterocycles. The number of allylic oxidation sites excluding steroid dienone is 1. The molecule has 0 spiro atoms. The monoisotopic (exact) mass is 804 g/mol. The third-order valence-corrected chi connectivity index (χ3v) is 13.8. The van der Waals surface area contributed by atoms with Crippen LogP contribution < -0.4 is 25.7 Å². The van der Waals surface area contributed by atoms with Crippen LogP contribution in [0, 0.1) is 5.92 Å². The van der Waals surface area contributed by atoms with Gasteiger partial charge in [0.25, 0.3) is 5.91 Å². The van der Waals surface area contributed by atoms with E-state index >= 15 is 0 Å².